The smallest absolute Gasteiger partial charge is 0.251 e. The molecule has 0 spiro atoms. The lowest BCUT2D eigenvalue weighted by molar-refractivity contribution is -0.121. The molecule has 0 heterocycles. The molecule has 2 aromatic rings. The number of amides is 2. The Balaban J connectivity index is 2.07. The first-order chi connectivity index (χ1) is 12.1. The normalized spacial score (nSPS) is 11.6. The van der Waals surface area contributed by atoms with Crippen molar-refractivity contribution in [2.45, 2.75) is 19.4 Å². The number of hydrogen-bond acceptors (Lipinski definition) is 3. The van der Waals surface area contributed by atoms with Crippen molar-refractivity contribution in [3.63, 3.8) is 0 Å². The summed E-state index contributed by atoms with van der Waals surface area (Å²) in [4.78, 5) is 24.7. The van der Waals surface area contributed by atoms with E-state index in [0.29, 0.717) is 18.7 Å². The Kier molecular flexibility index (Phi) is 7.16. The number of rotatable bonds is 8. The molecule has 0 radical (unpaired) electrons. The fraction of sp³-hybridized carbons (Fsp3) is 0.300. The van der Waals surface area contributed by atoms with E-state index >= 15 is 0 Å². The molecule has 1 atom stereocenters. The van der Waals surface area contributed by atoms with Gasteiger partial charge in [-0.2, -0.15) is 0 Å². The average Bonchev–Trinajstić information content (AvgIpc) is 2.62. The van der Waals surface area contributed by atoms with Crippen LogP contribution >= 0.6 is 0 Å². The van der Waals surface area contributed by atoms with Crippen molar-refractivity contribution >= 4 is 11.8 Å². The standard InChI is InChI=1S/C20H25N3O2/c1-15-8-10-17(11-9-15)20(25)23-18(16-6-4-3-5-7-16)14-19(24)22-13-12-21-2/h3-11,18,21H,12-14H2,1-2H3,(H,22,24)(H,23,25). The van der Waals surface area contributed by atoms with Gasteiger partial charge in [0.25, 0.3) is 5.91 Å². The maximum absolute atomic E-state index is 12.5. The van der Waals surface area contributed by atoms with Gasteiger partial charge in [0.15, 0.2) is 0 Å². The summed E-state index contributed by atoms with van der Waals surface area (Å²) in [5.74, 6) is -0.273. The van der Waals surface area contributed by atoms with E-state index in [1.54, 1.807) is 12.1 Å². The number of nitrogens with one attached hydrogen (secondary N) is 3. The van der Waals surface area contributed by atoms with Gasteiger partial charge in [0.1, 0.15) is 0 Å². The number of benzene rings is 2. The van der Waals surface area contributed by atoms with Crippen molar-refractivity contribution in [2.75, 3.05) is 20.1 Å². The van der Waals surface area contributed by atoms with Crippen LogP contribution in [0.25, 0.3) is 0 Å². The summed E-state index contributed by atoms with van der Waals surface area (Å²) in [6.45, 7) is 3.24. The third kappa shape index (κ3) is 6.04. The second-order valence-electron chi connectivity index (χ2n) is 5.96. The fourth-order valence-electron chi connectivity index (χ4n) is 2.47. The minimum Gasteiger partial charge on any atom is -0.355 e. The minimum absolute atomic E-state index is 0.0895. The first-order valence-electron chi connectivity index (χ1n) is 8.44. The van der Waals surface area contributed by atoms with Crippen LogP contribution in [0.1, 0.15) is 33.9 Å². The zero-order valence-corrected chi connectivity index (χ0v) is 14.7. The van der Waals surface area contributed by atoms with Gasteiger partial charge in [-0.05, 0) is 31.7 Å². The Morgan fingerprint density at radius 1 is 0.960 bits per heavy atom. The van der Waals surface area contributed by atoms with Crippen molar-refractivity contribution in [3.05, 3.63) is 71.3 Å². The Morgan fingerprint density at radius 3 is 2.28 bits per heavy atom. The van der Waals surface area contributed by atoms with Gasteiger partial charge in [-0.1, -0.05) is 48.0 Å². The summed E-state index contributed by atoms with van der Waals surface area (Å²) in [5, 5.41) is 8.81. The molecular formula is C20H25N3O2. The Labute approximate surface area is 148 Å². The van der Waals surface area contributed by atoms with Gasteiger partial charge < -0.3 is 16.0 Å². The summed E-state index contributed by atoms with van der Waals surface area (Å²) in [7, 11) is 1.83. The number of likely N-dealkylation sites (N-methyl/N-ethyl adjacent to an activating group) is 1. The molecule has 132 valence electrons. The van der Waals surface area contributed by atoms with E-state index in [0.717, 1.165) is 11.1 Å². The van der Waals surface area contributed by atoms with Gasteiger partial charge in [0.05, 0.1) is 12.5 Å². The van der Waals surface area contributed by atoms with Crippen LogP contribution in [0.5, 0.6) is 0 Å². The van der Waals surface area contributed by atoms with E-state index in [1.165, 1.54) is 0 Å². The molecule has 3 N–H and O–H groups in total. The van der Waals surface area contributed by atoms with Crippen molar-refractivity contribution in [1.82, 2.24) is 16.0 Å². The van der Waals surface area contributed by atoms with Crippen LogP contribution in [-0.2, 0) is 4.79 Å². The molecule has 2 aromatic carbocycles. The van der Waals surface area contributed by atoms with Gasteiger partial charge in [0, 0.05) is 18.7 Å². The molecule has 2 amide bonds. The Hall–Kier alpha value is -2.66. The number of hydrogen-bond donors (Lipinski definition) is 3. The van der Waals surface area contributed by atoms with Crippen molar-refractivity contribution in [1.29, 1.82) is 0 Å². The molecule has 0 saturated carbocycles. The lowest BCUT2D eigenvalue weighted by Gasteiger charge is -2.19. The molecule has 1 unspecified atom stereocenters. The van der Waals surface area contributed by atoms with Crippen LogP contribution in [0.3, 0.4) is 0 Å². The van der Waals surface area contributed by atoms with Crippen molar-refractivity contribution in [2.24, 2.45) is 0 Å². The van der Waals surface area contributed by atoms with Gasteiger partial charge in [0.2, 0.25) is 5.91 Å². The molecule has 0 aliphatic rings. The molecule has 0 bridgehead atoms. The zero-order valence-electron chi connectivity index (χ0n) is 14.7. The van der Waals surface area contributed by atoms with E-state index in [-0.39, 0.29) is 24.3 Å². The molecular weight excluding hydrogens is 314 g/mol. The number of carbonyl (C=O) groups is 2. The zero-order chi connectivity index (χ0) is 18.1. The highest BCUT2D eigenvalue weighted by molar-refractivity contribution is 5.94. The van der Waals surface area contributed by atoms with E-state index in [1.807, 2.05) is 56.4 Å². The van der Waals surface area contributed by atoms with Crippen LogP contribution in [0.15, 0.2) is 54.6 Å². The van der Waals surface area contributed by atoms with Crippen LogP contribution in [0.2, 0.25) is 0 Å². The fourth-order valence-corrected chi connectivity index (χ4v) is 2.47. The van der Waals surface area contributed by atoms with Crippen LogP contribution in [0, 0.1) is 6.92 Å². The average molecular weight is 339 g/mol. The molecule has 5 nitrogen and oxygen atoms in total. The summed E-state index contributed by atoms with van der Waals surface area (Å²) in [5.41, 5.74) is 2.59. The van der Waals surface area contributed by atoms with E-state index in [4.69, 9.17) is 0 Å². The lowest BCUT2D eigenvalue weighted by Crippen LogP contribution is -2.35. The summed E-state index contributed by atoms with van der Waals surface area (Å²) in [6.07, 6.45) is 0.200. The highest BCUT2D eigenvalue weighted by Gasteiger charge is 2.19. The first-order valence-corrected chi connectivity index (χ1v) is 8.44. The van der Waals surface area contributed by atoms with E-state index < -0.39 is 0 Å². The molecule has 5 heteroatoms. The van der Waals surface area contributed by atoms with Crippen LogP contribution < -0.4 is 16.0 Å². The minimum atomic E-state index is -0.371. The third-order valence-electron chi connectivity index (χ3n) is 3.91. The lowest BCUT2D eigenvalue weighted by atomic mass is 10.0. The van der Waals surface area contributed by atoms with E-state index in [9.17, 15) is 9.59 Å². The molecule has 0 aliphatic carbocycles. The SMILES string of the molecule is CNCCNC(=O)CC(NC(=O)c1ccc(C)cc1)c1ccccc1. The molecule has 0 aliphatic heterocycles. The van der Waals surface area contributed by atoms with Gasteiger partial charge >= 0.3 is 0 Å². The summed E-state index contributed by atoms with van der Waals surface area (Å²) >= 11 is 0. The predicted octanol–water partition coefficient (Wildman–Crippen LogP) is 2.19. The summed E-state index contributed by atoms with van der Waals surface area (Å²) < 4.78 is 0. The molecule has 0 aromatic heterocycles. The van der Waals surface area contributed by atoms with Crippen molar-refractivity contribution < 1.29 is 9.59 Å². The van der Waals surface area contributed by atoms with E-state index in [2.05, 4.69) is 16.0 Å². The van der Waals surface area contributed by atoms with Gasteiger partial charge in [-0.25, -0.2) is 0 Å². The highest BCUT2D eigenvalue weighted by Crippen LogP contribution is 2.17. The largest absolute Gasteiger partial charge is 0.355 e. The van der Waals surface area contributed by atoms with Crippen LogP contribution in [0.4, 0.5) is 0 Å². The highest BCUT2D eigenvalue weighted by atomic mass is 16.2. The molecule has 2 rings (SSSR count). The van der Waals surface area contributed by atoms with Gasteiger partial charge in [-0.15, -0.1) is 0 Å². The maximum Gasteiger partial charge on any atom is 0.251 e. The molecule has 0 saturated heterocycles. The predicted molar refractivity (Wildman–Crippen MR) is 99.4 cm³/mol. The summed E-state index contributed by atoms with van der Waals surface area (Å²) in [6, 6.07) is 16.6. The number of carbonyl (C=O) groups excluding carboxylic acids is 2. The third-order valence-corrected chi connectivity index (χ3v) is 3.91. The maximum atomic E-state index is 12.5. The first kappa shape index (κ1) is 18.7. The Morgan fingerprint density at radius 2 is 1.64 bits per heavy atom. The number of aryl methyl sites for hydroxylation is 1. The monoisotopic (exact) mass is 339 g/mol. The quantitative estimate of drug-likeness (QED) is 0.646. The molecule has 0 fully saturated rings. The topological polar surface area (TPSA) is 70.2 Å². The second-order valence-corrected chi connectivity index (χ2v) is 5.96. The van der Waals surface area contributed by atoms with Crippen LogP contribution in [-0.4, -0.2) is 32.0 Å². The molecule has 25 heavy (non-hydrogen) atoms. The second kappa shape index (κ2) is 9.59. The van der Waals surface area contributed by atoms with Crippen molar-refractivity contribution in [3.8, 4) is 0 Å². The Bertz CT molecular complexity index is 684. The van der Waals surface area contributed by atoms with Gasteiger partial charge in [-0.3, -0.25) is 9.59 Å².